The number of aliphatic hydroxyl groups excluding tert-OH is 1. The summed E-state index contributed by atoms with van der Waals surface area (Å²) in [5.41, 5.74) is 0.621. The molecule has 0 radical (unpaired) electrons. The molecule has 1 N–H and O–H groups in total. The number of nitrogens with zero attached hydrogens (tertiary/aromatic N) is 2. The molecule has 1 aromatic rings. The average Bonchev–Trinajstić information content (AvgIpc) is 2.67. The Kier molecular flexibility index (Phi) is 6.43. The fraction of sp³-hybridized carbons (Fsp3) is 0.650. The van der Waals surface area contributed by atoms with Crippen LogP contribution in [0.15, 0.2) is 24.3 Å². The first-order chi connectivity index (χ1) is 12.2. The first-order valence-corrected chi connectivity index (χ1v) is 9.53. The first-order valence-electron chi connectivity index (χ1n) is 9.53. The second-order valence-corrected chi connectivity index (χ2v) is 7.39. The van der Waals surface area contributed by atoms with Gasteiger partial charge in [-0.15, -0.1) is 0 Å². The SMILES string of the molecule is O=C(CCc1ccccc1F)N1CCCC(N2CCC(CO)CC2)C1. The molecule has 0 bridgehead atoms. The van der Waals surface area contributed by atoms with E-state index in [2.05, 4.69) is 4.90 Å². The summed E-state index contributed by atoms with van der Waals surface area (Å²) in [7, 11) is 0. The van der Waals surface area contributed by atoms with E-state index in [1.807, 2.05) is 11.0 Å². The number of carbonyl (C=O) groups is 1. The van der Waals surface area contributed by atoms with Gasteiger partial charge in [0.05, 0.1) is 0 Å². The number of aliphatic hydroxyl groups is 1. The maximum absolute atomic E-state index is 13.7. The number of benzene rings is 1. The largest absolute Gasteiger partial charge is 0.396 e. The zero-order chi connectivity index (χ0) is 17.6. The monoisotopic (exact) mass is 348 g/mol. The summed E-state index contributed by atoms with van der Waals surface area (Å²) in [6, 6.07) is 7.14. The zero-order valence-corrected chi connectivity index (χ0v) is 14.9. The number of halogens is 1. The van der Waals surface area contributed by atoms with Crippen LogP contribution in [-0.4, -0.2) is 59.6 Å². The van der Waals surface area contributed by atoms with Gasteiger partial charge in [-0.3, -0.25) is 9.69 Å². The molecule has 25 heavy (non-hydrogen) atoms. The van der Waals surface area contributed by atoms with Crippen LogP contribution in [-0.2, 0) is 11.2 Å². The number of aryl methyl sites for hydroxylation is 1. The molecule has 2 aliphatic rings. The van der Waals surface area contributed by atoms with Crippen LogP contribution in [0.2, 0.25) is 0 Å². The normalized spacial score (nSPS) is 23.0. The van der Waals surface area contributed by atoms with E-state index in [4.69, 9.17) is 0 Å². The van der Waals surface area contributed by atoms with Crippen molar-refractivity contribution >= 4 is 5.91 Å². The van der Waals surface area contributed by atoms with Gasteiger partial charge in [0.15, 0.2) is 0 Å². The Morgan fingerprint density at radius 3 is 2.64 bits per heavy atom. The Morgan fingerprint density at radius 1 is 1.16 bits per heavy atom. The second-order valence-electron chi connectivity index (χ2n) is 7.39. The standard InChI is InChI=1S/C20H29FN2O2/c21-19-6-2-1-4-17(19)7-8-20(25)23-11-3-5-18(14-23)22-12-9-16(15-24)10-13-22/h1-2,4,6,16,18,24H,3,5,7-15H2. The maximum atomic E-state index is 13.7. The molecule has 2 fully saturated rings. The van der Waals surface area contributed by atoms with Crippen molar-refractivity contribution in [3.05, 3.63) is 35.6 Å². The predicted octanol–water partition coefficient (Wildman–Crippen LogP) is 2.45. The molecule has 2 heterocycles. The number of likely N-dealkylation sites (tertiary alicyclic amines) is 2. The quantitative estimate of drug-likeness (QED) is 0.889. The number of amides is 1. The lowest BCUT2D eigenvalue weighted by atomic mass is 9.94. The van der Waals surface area contributed by atoms with Crippen LogP contribution in [0.25, 0.3) is 0 Å². The van der Waals surface area contributed by atoms with Gasteiger partial charge in [0.25, 0.3) is 0 Å². The minimum absolute atomic E-state index is 0.137. The van der Waals surface area contributed by atoms with Crippen LogP contribution >= 0.6 is 0 Å². The van der Waals surface area contributed by atoms with Gasteiger partial charge in [-0.25, -0.2) is 4.39 Å². The lowest BCUT2D eigenvalue weighted by Gasteiger charge is -2.42. The van der Waals surface area contributed by atoms with Crippen LogP contribution in [0.4, 0.5) is 4.39 Å². The van der Waals surface area contributed by atoms with Gasteiger partial charge in [0.2, 0.25) is 5.91 Å². The summed E-state index contributed by atoms with van der Waals surface area (Å²) >= 11 is 0. The van der Waals surface area contributed by atoms with E-state index in [9.17, 15) is 14.3 Å². The summed E-state index contributed by atoms with van der Waals surface area (Å²) in [5, 5.41) is 9.28. The van der Waals surface area contributed by atoms with Crippen molar-refractivity contribution < 1.29 is 14.3 Å². The first kappa shape index (κ1) is 18.3. The summed E-state index contributed by atoms with van der Waals surface area (Å²) in [5.74, 6) is 0.357. The molecule has 5 heteroatoms. The van der Waals surface area contributed by atoms with Crippen molar-refractivity contribution in [1.29, 1.82) is 0 Å². The summed E-state index contributed by atoms with van der Waals surface area (Å²) < 4.78 is 13.7. The Labute approximate surface area is 149 Å². The minimum atomic E-state index is -0.224. The van der Waals surface area contributed by atoms with Crippen LogP contribution in [0.5, 0.6) is 0 Å². The van der Waals surface area contributed by atoms with Gasteiger partial charge in [0.1, 0.15) is 5.82 Å². The van der Waals surface area contributed by atoms with Crippen molar-refractivity contribution in [1.82, 2.24) is 9.80 Å². The lowest BCUT2D eigenvalue weighted by Crippen LogP contribution is -2.52. The molecule has 0 spiro atoms. The molecule has 0 aromatic heterocycles. The zero-order valence-electron chi connectivity index (χ0n) is 14.9. The molecule has 4 nitrogen and oxygen atoms in total. The Hall–Kier alpha value is -1.46. The van der Waals surface area contributed by atoms with Crippen molar-refractivity contribution in [3.63, 3.8) is 0 Å². The smallest absolute Gasteiger partial charge is 0.222 e. The van der Waals surface area contributed by atoms with Crippen LogP contribution in [0.1, 0.15) is 37.7 Å². The molecular weight excluding hydrogens is 319 g/mol. The number of hydrogen-bond donors (Lipinski definition) is 1. The Balaban J connectivity index is 1.49. The van der Waals surface area contributed by atoms with E-state index < -0.39 is 0 Å². The molecule has 2 aliphatic heterocycles. The highest BCUT2D eigenvalue weighted by Crippen LogP contribution is 2.23. The van der Waals surface area contributed by atoms with Gasteiger partial charge in [-0.2, -0.15) is 0 Å². The van der Waals surface area contributed by atoms with Gasteiger partial charge >= 0.3 is 0 Å². The molecule has 2 saturated heterocycles. The highest BCUT2D eigenvalue weighted by molar-refractivity contribution is 5.76. The molecular formula is C20H29FN2O2. The molecule has 1 unspecified atom stereocenters. The molecule has 0 saturated carbocycles. The van der Waals surface area contributed by atoms with E-state index >= 15 is 0 Å². The molecule has 0 aliphatic carbocycles. The maximum Gasteiger partial charge on any atom is 0.222 e. The number of rotatable bonds is 5. The third-order valence-electron chi connectivity index (χ3n) is 5.74. The topological polar surface area (TPSA) is 43.8 Å². The Morgan fingerprint density at radius 2 is 1.92 bits per heavy atom. The number of hydrogen-bond acceptors (Lipinski definition) is 3. The van der Waals surface area contributed by atoms with Gasteiger partial charge < -0.3 is 10.0 Å². The molecule has 1 aromatic carbocycles. The number of piperidine rings is 2. The minimum Gasteiger partial charge on any atom is -0.396 e. The summed E-state index contributed by atoms with van der Waals surface area (Å²) in [4.78, 5) is 17.0. The van der Waals surface area contributed by atoms with Gasteiger partial charge in [-0.1, -0.05) is 18.2 Å². The summed E-state index contributed by atoms with van der Waals surface area (Å²) in [6.07, 6.45) is 5.12. The van der Waals surface area contributed by atoms with Crippen molar-refractivity contribution in [3.8, 4) is 0 Å². The highest BCUT2D eigenvalue weighted by Gasteiger charge is 2.30. The van der Waals surface area contributed by atoms with Crippen molar-refractivity contribution in [2.24, 2.45) is 5.92 Å². The van der Waals surface area contributed by atoms with Gasteiger partial charge in [0, 0.05) is 32.2 Å². The highest BCUT2D eigenvalue weighted by atomic mass is 19.1. The average molecular weight is 348 g/mol. The predicted molar refractivity (Wildman–Crippen MR) is 95.7 cm³/mol. The van der Waals surface area contributed by atoms with Crippen LogP contribution in [0, 0.1) is 11.7 Å². The van der Waals surface area contributed by atoms with E-state index in [0.29, 0.717) is 37.0 Å². The summed E-state index contributed by atoms with van der Waals surface area (Å²) in [6.45, 7) is 3.94. The fourth-order valence-corrected chi connectivity index (χ4v) is 4.08. The van der Waals surface area contributed by atoms with Crippen LogP contribution < -0.4 is 0 Å². The Bertz CT molecular complexity index is 573. The third-order valence-corrected chi connectivity index (χ3v) is 5.74. The fourth-order valence-electron chi connectivity index (χ4n) is 4.08. The lowest BCUT2D eigenvalue weighted by molar-refractivity contribution is -0.133. The van der Waals surface area contributed by atoms with Crippen molar-refractivity contribution in [2.75, 3.05) is 32.8 Å². The number of carbonyl (C=O) groups excluding carboxylic acids is 1. The second kappa shape index (κ2) is 8.77. The van der Waals surface area contributed by atoms with E-state index in [1.165, 1.54) is 6.07 Å². The molecule has 3 rings (SSSR count). The van der Waals surface area contributed by atoms with E-state index in [0.717, 1.165) is 51.9 Å². The molecule has 138 valence electrons. The third kappa shape index (κ3) is 4.79. The van der Waals surface area contributed by atoms with E-state index in [-0.39, 0.29) is 11.7 Å². The molecule has 1 atom stereocenters. The molecule has 1 amide bonds. The van der Waals surface area contributed by atoms with Crippen LogP contribution in [0.3, 0.4) is 0 Å². The van der Waals surface area contributed by atoms with E-state index in [1.54, 1.807) is 12.1 Å². The van der Waals surface area contributed by atoms with Gasteiger partial charge in [-0.05, 0) is 62.7 Å². The van der Waals surface area contributed by atoms with Crippen molar-refractivity contribution in [2.45, 2.75) is 44.6 Å².